The Morgan fingerprint density at radius 1 is 0.404 bits per heavy atom. The molecule has 4 aromatic carbocycles. The second-order valence-electron chi connectivity index (χ2n) is 18.8. The standard InChI is InChI=1S/C21H13ClN6O2S.C20H12ClN5O2S.C19H11ClN6O2S/c22-15-5-1-3-13(9-15)20-25-19(27-30-20)17-6-7-18(29)28(26-17)12-16-11-24-21(31-16)14-4-2-8-23-10-14;21-13-5-3-4-12(10-13)20-23-19(25-28-20)15-8-9-18(27)26(24-15)11-17-22-14-6-1-2-7-16(14)29-17;20-12-7-11(8-21-9-12)19-23-18(25-28-19)14-5-6-17(27)26(24-14)10-16-22-13-3-1-2-4-15(13)29-16/h1-11H,12H2;1-10H,11H2;1-9H,10H2. The molecule has 0 aliphatic carbocycles. The number of rotatable bonds is 13. The molecule has 0 fully saturated rings. The van der Waals surface area contributed by atoms with Crippen molar-refractivity contribution in [1.82, 2.24) is 84.7 Å². The molecule has 0 unspecified atom stereocenters. The van der Waals surface area contributed by atoms with Crippen LogP contribution >= 0.6 is 68.8 Å². The smallest absolute Gasteiger partial charge is 0.267 e. The predicted octanol–water partition coefficient (Wildman–Crippen LogP) is 12.1. The molecule has 15 rings (SSSR count). The van der Waals surface area contributed by atoms with Crippen LogP contribution in [0.2, 0.25) is 15.1 Å². The van der Waals surface area contributed by atoms with Gasteiger partial charge in [0.25, 0.3) is 34.3 Å². The van der Waals surface area contributed by atoms with Crippen LogP contribution in [0.25, 0.3) is 99.9 Å². The maximum Gasteiger partial charge on any atom is 0.267 e. The molecule has 15 aromatic rings. The van der Waals surface area contributed by atoms with Gasteiger partial charge in [0.15, 0.2) is 0 Å². The molecule has 0 N–H and O–H groups in total. The van der Waals surface area contributed by atoms with Gasteiger partial charge in [0.2, 0.25) is 17.5 Å². The van der Waals surface area contributed by atoms with Crippen molar-refractivity contribution in [2.75, 3.05) is 0 Å². The van der Waals surface area contributed by atoms with Crippen molar-refractivity contribution in [3.05, 3.63) is 244 Å². The average Bonchev–Trinajstić information content (AvgIpc) is 4.38. The van der Waals surface area contributed by atoms with Gasteiger partial charge in [-0.15, -0.1) is 34.0 Å². The van der Waals surface area contributed by atoms with E-state index in [1.165, 1.54) is 72.5 Å². The molecule has 89 heavy (non-hydrogen) atoms. The first kappa shape index (κ1) is 57.6. The maximum absolute atomic E-state index is 12.3. The molecule has 0 amide bonds. The van der Waals surface area contributed by atoms with Crippen LogP contribution < -0.4 is 16.7 Å². The van der Waals surface area contributed by atoms with E-state index in [0.29, 0.717) is 60.6 Å². The maximum atomic E-state index is 12.3. The summed E-state index contributed by atoms with van der Waals surface area (Å²) in [6.45, 7) is 0.809. The van der Waals surface area contributed by atoms with Crippen molar-refractivity contribution in [3.8, 4) is 79.5 Å². The number of fused-ring (bicyclic) bond motifs is 2. The quantitative estimate of drug-likeness (QED) is 0.104. The zero-order valence-corrected chi connectivity index (χ0v) is 50.1. The van der Waals surface area contributed by atoms with Crippen molar-refractivity contribution in [3.63, 3.8) is 0 Å². The third-order valence-electron chi connectivity index (χ3n) is 12.7. The normalized spacial score (nSPS) is 11.1. The Kier molecular flexibility index (Phi) is 16.7. The molecule has 11 aromatic heterocycles. The summed E-state index contributed by atoms with van der Waals surface area (Å²) in [7, 11) is 0. The summed E-state index contributed by atoms with van der Waals surface area (Å²) >= 11 is 22.5. The Morgan fingerprint density at radius 2 is 0.865 bits per heavy atom. The summed E-state index contributed by atoms with van der Waals surface area (Å²) in [4.78, 5) is 72.5. The zero-order valence-electron chi connectivity index (χ0n) is 45.4. The molecule has 0 radical (unpaired) electrons. The van der Waals surface area contributed by atoms with E-state index >= 15 is 0 Å². The largest absolute Gasteiger partial charge is 0.334 e. The molecular weight excluding hydrogens is 1260 g/mol. The predicted molar refractivity (Wildman–Crippen MR) is 336 cm³/mol. The van der Waals surface area contributed by atoms with Gasteiger partial charge in [-0.25, -0.2) is 29.0 Å². The van der Waals surface area contributed by atoms with Gasteiger partial charge in [0.05, 0.1) is 50.7 Å². The molecular formula is C60H36Cl3N17O6S3. The van der Waals surface area contributed by atoms with E-state index in [4.69, 9.17) is 48.4 Å². The molecule has 0 atom stereocenters. The van der Waals surface area contributed by atoms with E-state index in [2.05, 4.69) is 70.6 Å². The van der Waals surface area contributed by atoms with Crippen LogP contribution in [0.5, 0.6) is 0 Å². The van der Waals surface area contributed by atoms with Gasteiger partial charge in [-0.05, 0) is 97.1 Å². The first-order valence-corrected chi connectivity index (χ1v) is 30.0. The lowest BCUT2D eigenvalue weighted by atomic mass is 10.2. The lowest BCUT2D eigenvalue weighted by molar-refractivity contribution is 0.431. The molecule has 0 saturated heterocycles. The molecule has 0 aliphatic heterocycles. The second-order valence-corrected chi connectivity index (χ2v) is 23.5. The minimum absolute atomic E-state index is 0.230. The number of hydrogen-bond acceptors (Lipinski definition) is 23. The highest BCUT2D eigenvalue weighted by Gasteiger charge is 2.19. The van der Waals surface area contributed by atoms with Crippen molar-refractivity contribution in [1.29, 1.82) is 0 Å². The molecule has 11 heterocycles. The molecule has 0 saturated carbocycles. The minimum atomic E-state index is -0.240. The van der Waals surface area contributed by atoms with Crippen LogP contribution in [0, 0.1) is 0 Å². The summed E-state index contributed by atoms with van der Waals surface area (Å²) in [6.07, 6.45) is 8.29. The van der Waals surface area contributed by atoms with Crippen molar-refractivity contribution in [2.24, 2.45) is 0 Å². The fourth-order valence-electron chi connectivity index (χ4n) is 8.53. The van der Waals surface area contributed by atoms with Crippen molar-refractivity contribution < 1.29 is 13.6 Å². The van der Waals surface area contributed by atoms with Gasteiger partial charge in [-0.2, -0.15) is 30.2 Å². The lowest BCUT2D eigenvalue weighted by Gasteiger charge is -2.03. The monoisotopic (exact) mass is 1290 g/mol. The van der Waals surface area contributed by atoms with E-state index in [-0.39, 0.29) is 59.7 Å². The van der Waals surface area contributed by atoms with Gasteiger partial charge >= 0.3 is 0 Å². The lowest BCUT2D eigenvalue weighted by Crippen LogP contribution is -2.22. The highest BCUT2D eigenvalue weighted by atomic mass is 35.5. The van der Waals surface area contributed by atoms with Crippen LogP contribution in [0.1, 0.15) is 14.9 Å². The van der Waals surface area contributed by atoms with Crippen LogP contribution in [0.3, 0.4) is 0 Å². The SMILES string of the molecule is O=c1ccc(-c2noc(-c3cccc(Cl)c3)n2)nn1Cc1cnc(-c2cccnc2)s1.O=c1ccc(-c2noc(-c3cccc(Cl)c3)n2)nn1Cc1nc2ccccc2s1.O=c1ccc(-c2noc(-c3cncc(Cl)c3)n2)nn1Cc1nc2ccccc2s1. The van der Waals surface area contributed by atoms with Crippen LogP contribution in [-0.4, -0.2) is 84.7 Å². The van der Waals surface area contributed by atoms with Gasteiger partial charge in [0.1, 0.15) is 32.1 Å². The number of aromatic nitrogens is 17. The van der Waals surface area contributed by atoms with Gasteiger partial charge in [-0.1, -0.05) is 86.7 Å². The molecule has 23 nitrogen and oxygen atoms in total. The molecule has 29 heteroatoms. The first-order valence-electron chi connectivity index (χ1n) is 26.4. The van der Waals surface area contributed by atoms with Crippen molar-refractivity contribution >= 4 is 89.2 Å². The number of benzene rings is 4. The highest BCUT2D eigenvalue weighted by Crippen LogP contribution is 2.29. The van der Waals surface area contributed by atoms with E-state index in [1.807, 2.05) is 72.8 Å². The summed E-state index contributed by atoms with van der Waals surface area (Å²) in [5, 5.41) is 29.1. The minimum Gasteiger partial charge on any atom is -0.334 e. The zero-order chi connectivity index (χ0) is 60.8. The van der Waals surface area contributed by atoms with Gasteiger partial charge in [-0.3, -0.25) is 24.4 Å². The number of halogens is 3. The molecule has 436 valence electrons. The summed E-state index contributed by atoms with van der Waals surface area (Å²) in [5.74, 6) is 1.75. The first-order chi connectivity index (χ1) is 43.5. The van der Waals surface area contributed by atoms with Gasteiger partial charge < -0.3 is 13.6 Å². The van der Waals surface area contributed by atoms with Crippen LogP contribution in [0.15, 0.2) is 211 Å². The topological polar surface area (TPSA) is 286 Å². The summed E-state index contributed by atoms with van der Waals surface area (Å²) < 4.78 is 22.1. The van der Waals surface area contributed by atoms with E-state index in [9.17, 15) is 14.4 Å². The molecule has 0 spiro atoms. The number of pyridine rings is 2. The number of nitrogens with zero attached hydrogens (tertiary/aromatic N) is 17. The van der Waals surface area contributed by atoms with E-state index < -0.39 is 0 Å². The summed E-state index contributed by atoms with van der Waals surface area (Å²) in [5.41, 5.74) is 5.29. The van der Waals surface area contributed by atoms with Crippen LogP contribution in [-0.2, 0) is 19.6 Å². The van der Waals surface area contributed by atoms with Crippen LogP contribution in [0.4, 0.5) is 0 Å². The Labute approximate surface area is 526 Å². The fourth-order valence-corrected chi connectivity index (χ4v) is 11.9. The van der Waals surface area contributed by atoms with Crippen molar-refractivity contribution in [2.45, 2.75) is 19.6 Å². The number of hydrogen-bond donors (Lipinski definition) is 0. The Bertz CT molecular complexity index is 4940. The third kappa shape index (κ3) is 13.6. The fraction of sp³-hybridized carbons (Fsp3) is 0.0500. The molecule has 0 bridgehead atoms. The molecule has 0 aliphatic rings. The Hall–Kier alpha value is -10.5. The average molecular weight is 1290 g/mol. The second kappa shape index (κ2) is 25.8. The van der Waals surface area contributed by atoms with Gasteiger partial charge in [0, 0.05) is 80.8 Å². The van der Waals surface area contributed by atoms with E-state index in [1.54, 1.807) is 85.5 Å². The highest BCUT2D eigenvalue weighted by molar-refractivity contribution is 7.18. The third-order valence-corrected chi connectivity index (χ3v) is 16.4. The van der Waals surface area contributed by atoms with E-state index in [0.717, 1.165) is 45.9 Å². The number of para-hydroxylation sites is 2. The summed E-state index contributed by atoms with van der Waals surface area (Å²) in [6, 6.07) is 44.4. The Balaban J connectivity index is 0.000000123. The Morgan fingerprint density at radius 3 is 1.34 bits per heavy atom. The number of thiazole rings is 3.